The van der Waals surface area contributed by atoms with Gasteiger partial charge in [-0.2, -0.15) is 0 Å². The van der Waals surface area contributed by atoms with Crippen LogP contribution in [0.3, 0.4) is 0 Å². The number of anilines is 1. The summed E-state index contributed by atoms with van der Waals surface area (Å²) >= 11 is 5.97. The maximum atomic E-state index is 5.97. The highest BCUT2D eigenvalue weighted by molar-refractivity contribution is 6.29. The van der Waals surface area contributed by atoms with E-state index in [0.29, 0.717) is 36.9 Å². The molecule has 1 saturated carbocycles. The van der Waals surface area contributed by atoms with Crippen LogP contribution >= 0.6 is 11.6 Å². The molecule has 1 aromatic rings. The molecule has 6 heteroatoms. The summed E-state index contributed by atoms with van der Waals surface area (Å²) in [4.78, 5) is 8.47. The average Bonchev–Trinajstić information content (AvgIpc) is 2.94. The van der Waals surface area contributed by atoms with Crippen molar-refractivity contribution in [2.75, 3.05) is 25.1 Å². The third kappa shape index (κ3) is 5.23. The van der Waals surface area contributed by atoms with Crippen molar-refractivity contribution in [2.45, 2.75) is 45.3 Å². The van der Waals surface area contributed by atoms with E-state index in [2.05, 4.69) is 15.3 Å². The fourth-order valence-corrected chi connectivity index (χ4v) is 2.47. The molecule has 1 aromatic heterocycles. The SMILES string of the molecule is CCOCc1nc(Cl)cc(NCCOC2CCCC2)n1. The molecule has 0 saturated heterocycles. The van der Waals surface area contributed by atoms with Gasteiger partial charge in [0.2, 0.25) is 0 Å². The van der Waals surface area contributed by atoms with Crippen molar-refractivity contribution in [2.24, 2.45) is 0 Å². The van der Waals surface area contributed by atoms with Gasteiger partial charge in [0.15, 0.2) is 5.82 Å². The summed E-state index contributed by atoms with van der Waals surface area (Å²) in [7, 11) is 0. The van der Waals surface area contributed by atoms with Crippen LogP contribution in [0.15, 0.2) is 6.07 Å². The maximum absolute atomic E-state index is 5.97. The van der Waals surface area contributed by atoms with Crippen molar-refractivity contribution in [3.05, 3.63) is 17.0 Å². The minimum absolute atomic E-state index is 0.379. The number of aromatic nitrogens is 2. The molecule has 1 aliphatic rings. The highest BCUT2D eigenvalue weighted by Crippen LogP contribution is 2.20. The summed E-state index contributed by atoms with van der Waals surface area (Å²) in [6.07, 6.45) is 5.41. The Bertz CT molecular complexity index is 411. The lowest BCUT2D eigenvalue weighted by Crippen LogP contribution is -2.16. The lowest BCUT2D eigenvalue weighted by molar-refractivity contribution is 0.0658. The minimum Gasteiger partial charge on any atom is -0.376 e. The fourth-order valence-electron chi connectivity index (χ4n) is 2.27. The van der Waals surface area contributed by atoms with Crippen LogP contribution in [0, 0.1) is 0 Å². The van der Waals surface area contributed by atoms with Gasteiger partial charge < -0.3 is 14.8 Å². The van der Waals surface area contributed by atoms with Crippen LogP contribution in [0.4, 0.5) is 5.82 Å². The summed E-state index contributed by atoms with van der Waals surface area (Å²) in [6, 6.07) is 1.71. The summed E-state index contributed by atoms with van der Waals surface area (Å²) in [5.74, 6) is 1.31. The monoisotopic (exact) mass is 299 g/mol. The molecule has 112 valence electrons. The summed E-state index contributed by atoms with van der Waals surface area (Å²) < 4.78 is 11.1. The van der Waals surface area contributed by atoms with Crippen LogP contribution in [-0.2, 0) is 16.1 Å². The number of halogens is 1. The number of ether oxygens (including phenoxy) is 2. The first kappa shape index (κ1) is 15.5. The van der Waals surface area contributed by atoms with Crippen LogP contribution in [0.5, 0.6) is 0 Å². The number of nitrogens with one attached hydrogen (secondary N) is 1. The Morgan fingerprint density at radius 3 is 2.90 bits per heavy atom. The zero-order chi connectivity index (χ0) is 14.2. The minimum atomic E-state index is 0.379. The van der Waals surface area contributed by atoms with Crippen LogP contribution in [-0.4, -0.2) is 35.8 Å². The van der Waals surface area contributed by atoms with Gasteiger partial charge in [0.05, 0.1) is 12.7 Å². The standard InChI is InChI=1S/C14H22ClN3O2/c1-2-19-10-14-17-12(15)9-13(18-14)16-7-8-20-11-5-3-4-6-11/h9,11H,2-8,10H2,1H3,(H,16,17,18). The first-order chi connectivity index (χ1) is 9.78. The second-order valence-corrected chi connectivity index (χ2v) is 5.22. The second-order valence-electron chi connectivity index (χ2n) is 4.83. The first-order valence-electron chi connectivity index (χ1n) is 7.24. The molecule has 1 fully saturated rings. The molecule has 0 amide bonds. The maximum Gasteiger partial charge on any atom is 0.158 e. The third-order valence-electron chi connectivity index (χ3n) is 3.24. The van der Waals surface area contributed by atoms with Gasteiger partial charge in [0.1, 0.15) is 17.6 Å². The molecule has 2 rings (SSSR count). The molecule has 1 N–H and O–H groups in total. The van der Waals surface area contributed by atoms with Gasteiger partial charge in [0.25, 0.3) is 0 Å². The highest BCUT2D eigenvalue weighted by atomic mass is 35.5. The normalized spacial score (nSPS) is 15.7. The largest absolute Gasteiger partial charge is 0.376 e. The molecular formula is C14H22ClN3O2. The topological polar surface area (TPSA) is 56.3 Å². The van der Waals surface area contributed by atoms with E-state index in [1.54, 1.807) is 6.07 Å². The predicted octanol–water partition coefficient (Wildman–Crippen LogP) is 3.04. The predicted molar refractivity (Wildman–Crippen MR) is 79.1 cm³/mol. The fraction of sp³-hybridized carbons (Fsp3) is 0.714. The Kier molecular flexibility index (Phi) is 6.50. The Labute approximate surface area is 125 Å². The molecule has 0 atom stereocenters. The Hall–Kier alpha value is -0.910. The molecular weight excluding hydrogens is 278 g/mol. The smallest absolute Gasteiger partial charge is 0.158 e. The van der Waals surface area contributed by atoms with Gasteiger partial charge in [-0.05, 0) is 19.8 Å². The zero-order valence-electron chi connectivity index (χ0n) is 11.9. The molecule has 1 heterocycles. The van der Waals surface area contributed by atoms with Gasteiger partial charge in [-0.25, -0.2) is 9.97 Å². The molecule has 20 heavy (non-hydrogen) atoms. The molecule has 1 aliphatic carbocycles. The van der Waals surface area contributed by atoms with Crippen molar-refractivity contribution in [1.29, 1.82) is 0 Å². The van der Waals surface area contributed by atoms with Crippen LogP contribution in [0.2, 0.25) is 5.15 Å². The number of rotatable bonds is 8. The second kappa shape index (κ2) is 8.39. The van der Waals surface area contributed by atoms with Gasteiger partial charge >= 0.3 is 0 Å². The molecule has 0 spiro atoms. The van der Waals surface area contributed by atoms with E-state index in [4.69, 9.17) is 21.1 Å². The van der Waals surface area contributed by atoms with E-state index in [-0.39, 0.29) is 0 Å². The van der Waals surface area contributed by atoms with Crippen molar-refractivity contribution in [3.8, 4) is 0 Å². The number of hydrogen-bond acceptors (Lipinski definition) is 5. The van der Waals surface area contributed by atoms with E-state index in [0.717, 1.165) is 12.4 Å². The van der Waals surface area contributed by atoms with Crippen molar-refractivity contribution in [3.63, 3.8) is 0 Å². The molecule has 0 aromatic carbocycles. The Balaban J connectivity index is 1.74. The quantitative estimate of drug-likeness (QED) is 0.590. The Morgan fingerprint density at radius 2 is 2.15 bits per heavy atom. The lowest BCUT2D eigenvalue weighted by Gasteiger charge is -2.12. The van der Waals surface area contributed by atoms with Gasteiger partial charge in [-0.1, -0.05) is 24.4 Å². The van der Waals surface area contributed by atoms with Crippen LogP contribution in [0.1, 0.15) is 38.4 Å². The van der Waals surface area contributed by atoms with E-state index >= 15 is 0 Å². The van der Waals surface area contributed by atoms with Crippen molar-refractivity contribution >= 4 is 17.4 Å². The van der Waals surface area contributed by atoms with Crippen LogP contribution in [0.25, 0.3) is 0 Å². The number of hydrogen-bond donors (Lipinski definition) is 1. The van der Waals surface area contributed by atoms with E-state index in [1.165, 1.54) is 25.7 Å². The van der Waals surface area contributed by atoms with E-state index in [9.17, 15) is 0 Å². The molecule has 0 unspecified atom stereocenters. The molecule has 0 radical (unpaired) electrons. The van der Waals surface area contributed by atoms with E-state index in [1.807, 2.05) is 6.92 Å². The summed E-state index contributed by atoms with van der Waals surface area (Å²) in [5, 5.41) is 3.64. The molecule has 0 bridgehead atoms. The lowest BCUT2D eigenvalue weighted by atomic mass is 10.3. The van der Waals surface area contributed by atoms with Gasteiger partial charge in [-0.15, -0.1) is 0 Å². The van der Waals surface area contributed by atoms with Crippen LogP contribution < -0.4 is 5.32 Å². The van der Waals surface area contributed by atoms with Gasteiger partial charge in [0, 0.05) is 19.2 Å². The number of nitrogens with zero attached hydrogens (tertiary/aromatic N) is 2. The summed E-state index contributed by atoms with van der Waals surface area (Å²) in [6.45, 7) is 4.35. The molecule has 5 nitrogen and oxygen atoms in total. The zero-order valence-corrected chi connectivity index (χ0v) is 12.7. The third-order valence-corrected chi connectivity index (χ3v) is 3.43. The van der Waals surface area contributed by atoms with E-state index < -0.39 is 0 Å². The highest BCUT2D eigenvalue weighted by Gasteiger charge is 2.14. The van der Waals surface area contributed by atoms with Gasteiger partial charge in [-0.3, -0.25) is 0 Å². The Morgan fingerprint density at radius 1 is 1.35 bits per heavy atom. The van der Waals surface area contributed by atoms with Crippen molar-refractivity contribution < 1.29 is 9.47 Å². The average molecular weight is 300 g/mol. The van der Waals surface area contributed by atoms with Crippen molar-refractivity contribution in [1.82, 2.24) is 9.97 Å². The first-order valence-corrected chi connectivity index (χ1v) is 7.62. The summed E-state index contributed by atoms with van der Waals surface area (Å²) in [5.41, 5.74) is 0. The molecule has 0 aliphatic heterocycles.